The maximum absolute atomic E-state index is 12.5. The van der Waals surface area contributed by atoms with E-state index in [1.165, 1.54) is 24.2 Å². The predicted molar refractivity (Wildman–Crippen MR) is 68.7 cm³/mol. The van der Waals surface area contributed by atoms with Crippen LogP contribution in [-0.4, -0.2) is 25.3 Å². The van der Waals surface area contributed by atoms with Crippen molar-refractivity contribution in [2.75, 3.05) is 6.54 Å². The van der Waals surface area contributed by atoms with Crippen LogP contribution in [0.4, 0.5) is 0 Å². The molecule has 0 aromatic carbocycles. The van der Waals surface area contributed by atoms with Gasteiger partial charge in [-0.15, -0.1) is 11.3 Å². The molecule has 1 atom stereocenters. The Balaban J connectivity index is 1.91. The molecule has 1 saturated carbocycles. The molecule has 3 rings (SSSR count). The molecule has 5 heteroatoms. The van der Waals surface area contributed by atoms with Crippen LogP contribution in [0.15, 0.2) is 16.3 Å². The molecule has 1 saturated heterocycles. The number of nitrogens with zero attached hydrogens (tertiary/aromatic N) is 1. The van der Waals surface area contributed by atoms with E-state index in [0.717, 1.165) is 17.7 Å². The predicted octanol–water partition coefficient (Wildman–Crippen LogP) is 2.62. The monoisotopic (exact) mass is 271 g/mol. The highest BCUT2D eigenvalue weighted by Gasteiger charge is 2.43. The Kier molecular flexibility index (Phi) is 2.80. The highest BCUT2D eigenvalue weighted by atomic mass is 32.2. The van der Waals surface area contributed by atoms with Gasteiger partial charge in [0.1, 0.15) is 4.21 Å². The van der Waals surface area contributed by atoms with Gasteiger partial charge in [-0.1, -0.05) is 0 Å². The van der Waals surface area contributed by atoms with E-state index in [-0.39, 0.29) is 6.04 Å². The number of hydrogen-bond donors (Lipinski definition) is 0. The van der Waals surface area contributed by atoms with E-state index in [1.807, 2.05) is 13.0 Å². The molecule has 2 heterocycles. The van der Waals surface area contributed by atoms with Crippen LogP contribution in [0.25, 0.3) is 0 Å². The maximum Gasteiger partial charge on any atom is 0.252 e. The molecule has 2 fully saturated rings. The summed E-state index contributed by atoms with van der Waals surface area (Å²) in [5.41, 5.74) is 0. The van der Waals surface area contributed by atoms with Gasteiger partial charge in [-0.2, -0.15) is 4.31 Å². The van der Waals surface area contributed by atoms with E-state index in [9.17, 15) is 8.42 Å². The molecule has 1 aliphatic carbocycles. The van der Waals surface area contributed by atoms with Gasteiger partial charge >= 0.3 is 0 Å². The van der Waals surface area contributed by atoms with Gasteiger partial charge in [0.05, 0.1) is 0 Å². The summed E-state index contributed by atoms with van der Waals surface area (Å²) in [4.78, 5) is 1.06. The van der Waals surface area contributed by atoms with Gasteiger partial charge in [0.2, 0.25) is 0 Å². The normalized spacial score (nSPS) is 26.5. The van der Waals surface area contributed by atoms with Crippen LogP contribution in [0.1, 0.15) is 30.6 Å². The summed E-state index contributed by atoms with van der Waals surface area (Å²) in [7, 11) is -3.22. The minimum atomic E-state index is -3.22. The second-order valence-corrected chi connectivity index (χ2v) is 8.43. The zero-order chi connectivity index (χ0) is 12.0. The molecule has 0 bridgehead atoms. The second kappa shape index (κ2) is 4.07. The van der Waals surface area contributed by atoms with Crippen molar-refractivity contribution in [2.45, 2.75) is 42.9 Å². The summed E-state index contributed by atoms with van der Waals surface area (Å²) in [5, 5.41) is 0. The fraction of sp³-hybridized carbons (Fsp3) is 0.667. The van der Waals surface area contributed by atoms with Crippen molar-refractivity contribution in [3.8, 4) is 0 Å². The van der Waals surface area contributed by atoms with Crippen LogP contribution in [0.2, 0.25) is 0 Å². The van der Waals surface area contributed by atoms with Crippen molar-refractivity contribution in [1.82, 2.24) is 4.31 Å². The van der Waals surface area contributed by atoms with Crippen molar-refractivity contribution in [2.24, 2.45) is 5.92 Å². The Bertz CT molecular complexity index is 516. The topological polar surface area (TPSA) is 37.4 Å². The van der Waals surface area contributed by atoms with Gasteiger partial charge in [0.15, 0.2) is 0 Å². The summed E-state index contributed by atoms with van der Waals surface area (Å²) in [5.74, 6) is 0.633. The van der Waals surface area contributed by atoms with Crippen molar-refractivity contribution < 1.29 is 8.42 Å². The molecule has 1 unspecified atom stereocenters. The number of sulfonamides is 1. The zero-order valence-corrected chi connectivity index (χ0v) is 11.6. The molecule has 2 aliphatic rings. The van der Waals surface area contributed by atoms with E-state index in [4.69, 9.17) is 0 Å². The highest BCUT2D eigenvalue weighted by molar-refractivity contribution is 7.91. The first-order valence-electron chi connectivity index (χ1n) is 6.17. The summed E-state index contributed by atoms with van der Waals surface area (Å²) < 4.78 is 27.3. The van der Waals surface area contributed by atoms with E-state index in [0.29, 0.717) is 16.7 Å². The van der Waals surface area contributed by atoms with Gasteiger partial charge < -0.3 is 0 Å². The standard InChI is InChI=1S/C12H17NO2S2/c1-9-4-7-12(16-9)17(14,15)13-8-2-3-11(13)10-5-6-10/h4,7,10-11H,2-3,5-6,8H2,1H3. The van der Waals surface area contributed by atoms with Gasteiger partial charge in [0, 0.05) is 17.5 Å². The third-order valence-electron chi connectivity index (χ3n) is 3.69. The van der Waals surface area contributed by atoms with Crippen LogP contribution in [0.3, 0.4) is 0 Å². The number of aryl methyl sites for hydroxylation is 1. The molecule has 1 aromatic heterocycles. The summed E-state index contributed by atoms with van der Waals surface area (Å²) >= 11 is 1.39. The molecule has 0 N–H and O–H groups in total. The largest absolute Gasteiger partial charge is 0.252 e. The van der Waals surface area contributed by atoms with Crippen LogP contribution in [0.5, 0.6) is 0 Å². The molecule has 1 aromatic rings. The quantitative estimate of drug-likeness (QED) is 0.847. The van der Waals surface area contributed by atoms with Gasteiger partial charge in [-0.05, 0) is 50.7 Å². The Morgan fingerprint density at radius 1 is 1.29 bits per heavy atom. The summed E-state index contributed by atoms with van der Waals surface area (Å²) in [6.45, 7) is 2.66. The maximum atomic E-state index is 12.5. The van der Waals surface area contributed by atoms with Gasteiger partial charge in [0.25, 0.3) is 10.0 Å². The smallest absolute Gasteiger partial charge is 0.206 e. The highest BCUT2D eigenvalue weighted by Crippen LogP contribution is 2.42. The lowest BCUT2D eigenvalue weighted by Gasteiger charge is -2.23. The zero-order valence-electron chi connectivity index (χ0n) is 9.93. The first-order chi connectivity index (χ1) is 8.09. The third-order valence-corrected chi connectivity index (χ3v) is 7.09. The molecule has 0 spiro atoms. The van der Waals surface area contributed by atoms with Crippen molar-refractivity contribution in [1.29, 1.82) is 0 Å². The molecule has 1 aliphatic heterocycles. The SMILES string of the molecule is Cc1ccc(S(=O)(=O)N2CCCC2C2CC2)s1. The van der Waals surface area contributed by atoms with Crippen LogP contribution in [0, 0.1) is 12.8 Å². The minimum absolute atomic E-state index is 0.280. The molecule has 0 radical (unpaired) electrons. The minimum Gasteiger partial charge on any atom is -0.206 e. The Labute approximate surface area is 107 Å². The Morgan fingerprint density at radius 3 is 2.65 bits per heavy atom. The third kappa shape index (κ3) is 2.04. The molecular weight excluding hydrogens is 254 g/mol. The number of hydrogen-bond acceptors (Lipinski definition) is 3. The Morgan fingerprint density at radius 2 is 2.06 bits per heavy atom. The fourth-order valence-corrected chi connectivity index (χ4v) is 5.85. The average Bonchev–Trinajstić information content (AvgIpc) is 2.83. The number of rotatable bonds is 3. The summed E-state index contributed by atoms with van der Waals surface area (Å²) in [6.07, 6.45) is 4.49. The lowest BCUT2D eigenvalue weighted by atomic mass is 10.1. The van der Waals surface area contributed by atoms with Gasteiger partial charge in [-0.25, -0.2) is 8.42 Å². The first kappa shape index (κ1) is 11.7. The molecule has 0 amide bonds. The van der Waals surface area contributed by atoms with E-state index < -0.39 is 10.0 Å². The van der Waals surface area contributed by atoms with E-state index >= 15 is 0 Å². The molecule has 17 heavy (non-hydrogen) atoms. The van der Waals surface area contributed by atoms with Crippen molar-refractivity contribution in [3.63, 3.8) is 0 Å². The van der Waals surface area contributed by atoms with Gasteiger partial charge in [-0.3, -0.25) is 0 Å². The van der Waals surface area contributed by atoms with Crippen molar-refractivity contribution >= 4 is 21.4 Å². The molecule has 94 valence electrons. The second-order valence-electron chi connectivity index (χ2n) is 5.03. The van der Waals surface area contributed by atoms with Crippen molar-refractivity contribution in [3.05, 3.63) is 17.0 Å². The first-order valence-corrected chi connectivity index (χ1v) is 8.43. The molecular formula is C12H17NO2S2. The average molecular weight is 271 g/mol. The van der Waals surface area contributed by atoms with E-state index in [2.05, 4.69) is 0 Å². The Hall–Kier alpha value is -0.390. The summed E-state index contributed by atoms with van der Waals surface area (Å²) in [6, 6.07) is 3.92. The fourth-order valence-electron chi connectivity index (χ4n) is 2.68. The van der Waals surface area contributed by atoms with Crippen LogP contribution < -0.4 is 0 Å². The lowest BCUT2D eigenvalue weighted by Crippen LogP contribution is -2.36. The van der Waals surface area contributed by atoms with E-state index in [1.54, 1.807) is 10.4 Å². The lowest BCUT2D eigenvalue weighted by molar-refractivity contribution is 0.357. The molecule has 3 nitrogen and oxygen atoms in total. The van der Waals surface area contributed by atoms with Crippen LogP contribution >= 0.6 is 11.3 Å². The van der Waals surface area contributed by atoms with Crippen LogP contribution in [-0.2, 0) is 10.0 Å². The number of thiophene rings is 1.